The minimum atomic E-state index is -3.83. The molecule has 0 aliphatic carbocycles. The SMILES string of the molecule is CC(C)(C)NC(=O)[C@@H](Cc1ccccc1)N(Cc1cccc(Cl)c1)C(=O)CN(c1cccc(Br)c1)S(C)(=O)=O. The van der Waals surface area contributed by atoms with Crippen LogP contribution < -0.4 is 9.62 Å². The van der Waals surface area contributed by atoms with Crippen LogP contribution in [0.5, 0.6) is 0 Å². The lowest BCUT2D eigenvalue weighted by Crippen LogP contribution is -2.56. The molecule has 7 nitrogen and oxygen atoms in total. The van der Waals surface area contributed by atoms with Gasteiger partial charge in [0.25, 0.3) is 0 Å². The highest BCUT2D eigenvalue weighted by Gasteiger charge is 2.34. The van der Waals surface area contributed by atoms with E-state index in [4.69, 9.17) is 11.6 Å². The molecule has 0 aliphatic rings. The average molecular weight is 635 g/mol. The Morgan fingerprint density at radius 3 is 2.18 bits per heavy atom. The van der Waals surface area contributed by atoms with E-state index in [1.807, 2.05) is 57.2 Å². The predicted octanol–water partition coefficient (Wildman–Crippen LogP) is 5.42. The van der Waals surface area contributed by atoms with Gasteiger partial charge in [-0.3, -0.25) is 13.9 Å². The summed E-state index contributed by atoms with van der Waals surface area (Å²) in [5.74, 6) is -0.861. The zero-order valence-corrected chi connectivity index (χ0v) is 25.6. The lowest BCUT2D eigenvalue weighted by atomic mass is 10.0. The summed E-state index contributed by atoms with van der Waals surface area (Å²) >= 11 is 9.60. The number of nitrogens with one attached hydrogen (secondary N) is 1. The summed E-state index contributed by atoms with van der Waals surface area (Å²) in [6.45, 7) is 5.18. The maximum Gasteiger partial charge on any atom is 0.244 e. The molecule has 0 aliphatic heterocycles. The van der Waals surface area contributed by atoms with Crippen LogP contribution in [-0.2, 0) is 32.6 Å². The first kappa shape index (κ1) is 30.7. The van der Waals surface area contributed by atoms with Crippen molar-refractivity contribution in [1.82, 2.24) is 10.2 Å². The van der Waals surface area contributed by atoms with Gasteiger partial charge in [0, 0.05) is 28.0 Å². The molecule has 3 rings (SSSR count). The molecule has 0 aromatic heterocycles. The van der Waals surface area contributed by atoms with E-state index in [1.165, 1.54) is 4.90 Å². The Morgan fingerprint density at radius 1 is 0.949 bits per heavy atom. The molecule has 0 spiro atoms. The fraction of sp³-hybridized carbons (Fsp3) is 0.310. The molecule has 0 saturated heterocycles. The molecular weight excluding hydrogens is 602 g/mol. The Balaban J connectivity index is 2.08. The van der Waals surface area contributed by atoms with Crippen LogP contribution in [0.25, 0.3) is 0 Å². The van der Waals surface area contributed by atoms with Gasteiger partial charge in [-0.05, 0) is 62.2 Å². The Labute approximate surface area is 244 Å². The quantitative estimate of drug-likeness (QED) is 0.323. The third-order valence-corrected chi connectivity index (χ3v) is 7.66. The van der Waals surface area contributed by atoms with Gasteiger partial charge in [0.1, 0.15) is 12.6 Å². The summed E-state index contributed by atoms with van der Waals surface area (Å²) in [5, 5.41) is 3.49. The lowest BCUT2D eigenvalue weighted by molar-refractivity contribution is -0.140. The number of halogens is 2. The van der Waals surface area contributed by atoms with Gasteiger partial charge in [-0.1, -0.05) is 76.1 Å². The standard InChI is InChI=1S/C29H33BrClN3O4S/c1-29(2,3)32-28(36)26(17-21-10-6-5-7-11-21)33(19-22-12-8-14-24(31)16-22)27(35)20-34(39(4,37)38)25-15-9-13-23(30)18-25/h5-16,18,26H,17,19-20H2,1-4H3,(H,32,36)/t26-/m1/s1. The van der Waals surface area contributed by atoms with Crippen LogP contribution in [0.2, 0.25) is 5.02 Å². The fourth-order valence-corrected chi connectivity index (χ4v) is 5.53. The van der Waals surface area contributed by atoms with E-state index in [1.54, 1.807) is 42.5 Å². The number of hydrogen-bond acceptors (Lipinski definition) is 4. The van der Waals surface area contributed by atoms with E-state index >= 15 is 0 Å². The van der Waals surface area contributed by atoms with Crippen molar-refractivity contribution in [2.24, 2.45) is 0 Å². The fourth-order valence-electron chi connectivity index (χ4n) is 4.08. The summed E-state index contributed by atoms with van der Waals surface area (Å²) in [6, 6.07) is 22.2. The Bertz CT molecular complexity index is 1410. The van der Waals surface area contributed by atoms with Crippen LogP contribution in [0.1, 0.15) is 31.9 Å². The number of nitrogens with zero attached hydrogens (tertiary/aromatic N) is 2. The summed E-state index contributed by atoms with van der Waals surface area (Å²) in [6.07, 6.45) is 1.29. The smallest absolute Gasteiger partial charge is 0.244 e. The zero-order chi connectivity index (χ0) is 28.8. The number of anilines is 1. The van der Waals surface area contributed by atoms with Crippen LogP contribution in [0, 0.1) is 0 Å². The summed E-state index contributed by atoms with van der Waals surface area (Å²) in [5.41, 5.74) is 1.36. The molecule has 0 saturated carbocycles. The normalized spacial score (nSPS) is 12.5. The predicted molar refractivity (Wildman–Crippen MR) is 160 cm³/mol. The molecule has 0 fully saturated rings. The molecular formula is C29H33BrClN3O4S. The van der Waals surface area contributed by atoms with Crippen LogP contribution in [0.3, 0.4) is 0 Å². The van der Waals surface area contributed by atoms with Gasteiger partial charge in [0.05, 0.1) is 11.9 Å². The molecule has 208 valence electrons. The topological polar surface area (TPSA) is 86.8 Å². The lowest BCUT2D eigenvalue weighted by Gasteiger charge is -2.35. The first-order chi connectivity index (χ1) is 18.2. The van der Waals surface area contributed by atoms with Gasteiger partial charge in [0.15, 0.2) is 0 Å². The highest BCUT2D eigenvalue weighted by molar-refractivity contribution is 9.10. The number of sulfonamides is 1. The van der Waals surface area contributed by atoms with Crippen molar-refractivity contribution >= 4 is 55.1 Å². The van der Waals surface area contributed by atoms with E-state index in [2.05, 4.69) is 21.2 Å². The highest BCUT2D eigenvalue weighted by Crippen LogP contribution is 2.24. The van der Waals surface area contributed by atoms with E-state index < -0.39 is 34.1 Å². The maximum atomic E-state index is 14.0. The molecule has 39 heavy (non-hydrogen) atoms. The van der Waals surface area contributed by atoms with E-state index in [9.17, 15) is 18.0 Å². The van der Waals surface area contributed by atoms with Crippen molar-refractivity contribution in [1.29, 1.82) is 0 Å². The van der Waals surface area contributed by atoms with Gasteiger partial charge >= 0.3 is 0 Å². The second-order valence-electron chi connectivity index (χ2n) is 10.3. The van der Waals surface area contributed by atoms with Crippen LogP contribution >= 0.6 is 27.5 Å². The van der Waals surface area contributed by atoms with Crippen molar-refractivity contribution in [2.75, 3.05) is 17.1 Å². The third-order valence-electron chi connectivity index (χ3n) is 5.79. The van der Waals surface area contributed by atoms with Crippen molar-refractivity contribution in [3.8, 4) is 0 Å². The summed E-state index contributed by atoms with van der Waals surface area (Å²) < 4.78 is 27.4. The third kappa shape index (κ3) is 9.37. The van der Waals surface area contributed by atoms with Crippen molar-refractivity contribution in [3.05, 3.63) is 99.5 Å². The first-order valence-corrected chi connectivity index (χ1v) is 15.4. The van der Waals surface area contributed by atoms with E-state index in [-0.39, 0.29) is 18.9 Å². The molecule has 0 bridgehead atoms. The van der Waals surface area contributed by atoms with E-state index in [0.29, 0.717) is 20.7 Å². The highest BCUT2D eigenvalue weighted by atomic mass is 79.9. The summed E-state index contributed by atoms with van der Waals surface area (Å²) in [4.78, 5) is 29.2. The molecule has 0 radical (unpaired) electrons. The second kappa shape index (κ2) is 13.0. The van der Waals surface area contributed by atoms with Gasteiger partial charge < -0.3 is 10.2 Å². The molecule has 0 unspecified atom stereocenters. The number of amides is 2. The average Bonchev–Trinajstić information content (AvgIpc) is 2.83. The monoisotopic (exact) mass is 633 g/mol. The van der Waals surface area contributed by atoms with Crippen molar-refractivity contribution in [3.63, 3.8) is 0 Å². The number of benzene rings is 3. The molecule has 1 N–H and O–H groups in total. The largest absolute Gasteiger partial charge is 0.350 e. The minimum absolute atomic E-state index is 0.0601. The van der Waals surface area contributed by atoms with Crippen LogP contribution in [-0.4, -0.2) is 49.5 Å². The van der Waals surface area contributed by atoms with Gasteiger partial charge in [-0.25, -0.2) is 8.42 Å². The summed E-state index contributed by atoms with van der Waals surface area (Å²) in [7, 11) is -3.83. The minimum Gasteiger partial charge on any atom is -0.350 e. The number of rotatable bonds is 10. The molecule has 3 aromatic rings. The Morgan fingerprint density at radius 2 is 1.59 bits per heavy atom. The molecule has 3 aromatic carbocycles. The molecule has 0 heterocycles. The van der Waals surface area contributed by atoms with Crippen molar-refractivity contribution in [2.45, 2.75) is 45.3 Å². The number of hydrogen-bond donors (Lipinski definition) is 1. The molecule has 2 amide bonds. The van der Waals surface area contributed by atoms with Gasteiger partial charge in [0.2, 0.25) is 21.8 Å². The van der Waals surface area contributed by atoms with Gasteiger partial charge in [-0.15, -0.1) is 0 Å². The Hall–Kier alpha value is -2.88. The number of carbonyl (C=O) groups is 2. The van der Waals surface area contributed by atoms with Gasteiger partial charge in [-0.2, -0.15) is 0 Å². The van der Waals surface area contributed by atoms with Crippen LogP contribution in [0.15, 0.2) is 83.3 Å². The van der Waals surface area contributed by atoms with Crippen molar-refractivity contribution < 1.29 is 18.0 Å². The van der Waals surface area contributed by atoms with E-state index in [0.717, 1.165) is 16.1 Å². The maximum absolute atomic E-state index is 14.0. The van der Waals surface area contributed by atoms with Crippen LogP contribution in [0.4, 0.5) is 5.69 Å². The number of carbonyl (C=O) groups excluding carboxylic acids is 2. The molecule has 10 heteroatoms. The first-order valence-electron chi connectivity index (χ1n) is 12.4. The molecule has 1 atom stereocenters. The zero-order valence-electron chi connectivity index (χ0n) is 22.4. The Kier molecular flexibility index (Phi) is 10.2. The second-order valence-corrected chi connectivity index (χ2v) is 13.6.